The van der Waals surface area contributed by atoms with Crippen molar-refractivity contribution in [3.63, 3.8) is 0 Å². The number of hydrogen-bond acceptors (Lipinski definition) is 4. The molecule has 2 atom stereocenters. The molecule has 1 aliphatic heterocycles. The first-order chi connectivity index (χ1) is 10.2. The topological polar surface area (TPSA) is 59.3 Å². The Labute approximate surface area is 125 Å². The van der Waals surface area contributed by atoms with Gasteiger partial charge in [-0.3, -0.25) is 4.79 Å². The molecular formula is C17H21NO3. The molecule has 4 heteroatoms. The van der Waals surface area contributed by atoms with Crippen LogP contribution in [0.25, 0.3) is 0 Å². The molecule has 0 saturated carbocycles. The van der Waals surface area contributed by atoms with Gasteiger partial charge in [-0.05, 0) is 43.4 Å². The number of benzene rings is 1. The molecule has 1 aliphatic rings. The summed E-state index contributed by atoms with van der Waals surface area (Å²) in [5.74, 6) is -0.0974. The Bertz CT molecular complexity index is 515. The van der Waals surface area contributed by atoms with Crippen LogP contribution in [0.5, 0.6) is 5.75 Å². The Hall–Kier alpha value is -1.86. The molecule has 0 aromatic heterocycles. The maximum absolute atomic E-state index is 12.3. The van der Waals surface area contributed by atoms with Crippen LogP contribution >= 0.6 is 0 Å². The fourth-order valence-electron chi connectivity index (χ4n) is 2.64. The molecule has 0 N–H and O–H groups in total. The second kappa shape index (κ2) is 7.80. The number of ketones is 1. The van der Waals surface area contributed by atoms with Crippen molar-refractivity contribution >= 4 is 5.78 Å². The van der Waals surface area contributed by atoms with E-state index in [4.69, 9.17) is 9.47 Å². The molecule has 1 aromatic carbocycles. The van der Waals surface area contributed by atoms with Gasteiger partial charge in [-0.2, -0.15) is 5.26 Å². The number of methoxy groups -OCH3 is 1. The number of ether oxygens (including phenoxy) is 2. The second-order valence-corrected chi connectivity index (χ2v) is 5.33. The summed E-state index contributed by atoms with van der Waals surface area (Å²) in [5.41, 5.74) is 0.700. The van der Waals surface area contributed by atoms with Gasteiger partial charge in [0.2, 0.25) is 0 Å². The SMILES string of the molecule is COc1cccc(C(C#N)C(=O)CCC2CCCCO2)c1. The smallest absolute Gasteiger partial charge is 0.154 e. The predicted octanol–water partition coefficient (Wildman–Crippen LogP) is 3.22. The summed E-state index contributed by atoms with van der Waals surface area (Å²) < 4.78 is 10.8. The van der Waals surface area contributed by atoms with Crippen LogP contribution in [0, 0.1) is 11.3 Å². The molecule has 112 valence electrons. The summed E-state index contributed by atoms with van der Waals surface area (Å²) >= 11 is 0. The second-order valence-electron chi connectivity index (χ2n) is 5.33. The van der Waals surface area contributed by atoms with Gasteiger partial charge in [-0.1, -0.05) is 12.1 Å². The lowest BCUT2D eigenvalue weighted by Gasteiger charge is -2.22. The lowest BCUT2D eigenvalue weighted by atomic mass is 9.92. The lowest BCUT2D eigenvalue weighted by molar-refractivity contribution is -0.120. The molecule has 2 rings (SSSR count). The summed E-state index contributed by atoms with van der Waals surface area (Å²) in [5, 5.41) is 9.31. The van der Waals surface area contributed by atoms with Crippen LogP contribution in [0.2, 0.25) is 0 Å². The van der Waals surface area contributed by atoms with Crippen LogP contribution in [0.1, 0.15) is 43.6 Å². The van der Waals surface area contributed by atoms with Gasteiger partial charge < -0.3 is 9.47 Å². The number of Topliss-reactive ketones (excluding diaryl/α,β-unsaturated/α-hetero) is 1. The summed E-state index contributed by atoms with van der Waals surface area (Å²) in [7, 11) is 1.57. The molecule has 0 radical (unpaired) electrons. The number of rotatable bonds is 6. The number of carbonyl (C=O) groups excluding carboxylic acids is 1. The van der Waals surface area contributed by atoms with Crippen LogP contribution in [0.3, 0.4) is 0 Å². The highest BCUT2D eigenvalue weighted by molar-refractivity contribution is 5.88. The fourth-order valence-corrected chi connectivity index (χ4v) is 2.64. The Morgan fingerprint density at radius 1 is 1.52 bits per heavy atom. The number of nitriles is 1. The molecule has 1 heterocycles. The Morgan fingerprint density at radius 2 is 2.38 bits per heavy atom. The molecule has 1 saturated heterocycles. The van der Waals surface area contributed by atoms with E-state index in [9.17, 15) is 10.1 Å². The van der Waals surface area contributed by atoms with Crippen molar-refractivity contribution in [3.8, 4) is 11.8 Å². The minimum absolute atomic E-state index is 0.0417. The van der Waals surface area contributed by atoms with E-state index < -0.39 is 5.92 Å². The molecule has 0 bridgehead atoms. The van der Waals surface area contributed by atoms with Crippen LogP contribution in [-0.4, -0.2) is 25.6 Å². The van der Waals surface area contributed by atoms with Crippen LogP contribution in [-0.2, 0) is 9.53 Å². The Balaban J connectivity index is 1.96. The molecule has 2 unspecified atom stereocenters. The maximum Gasteiger partial charge on any atom is 0.154 e. The van der Waals surface area contributed by atoms with E-state index in [0.29, 0.717) is 24.2 Å². The van der Waals surface area contributed by atoms with E-state index in [1.54, 1.807) is 31.4 Å². The molecule has 1 fully saturated rings. The van der Waals surface area contributed by atoms with Crippen molar-refractivity contribution in [3.05, 3.63) is 29.8 Å². The summed E-state index contributed by atoms with van der Waals surface area (Å²) in [6.07, 6.45) is 4.56. The third-order valence-electron chi connectivity index (χ3n) is 3.86. The minimum atomic E-state index is -0.719. The van der Waals surface area contributed by atoms with Crippen molar-refractivity contribution in [1.82, 2.24) is 0 Å². The maximum atomic E-state index is 12.3. The van der Waals surface area contributed by atoms with Gasteiger partial charge in [-0.15, -0.1) is 0 Å². The van der Waals surface area contributed by atoms with Gasteiger partial charge in [0.1, 0.15) is 11.7 Å². The average Bonchev–Trinajstić information content (AvgIpc) is 2.55. The Kier molecular flexibility index (Phi) is 5.77. The quantitative estimate of drug-likeness (QED) is 0.806. The standard InChI is InChI=1S/C17H21NO3/c1-20-15-7-4-5-13(11-15)16(12-18)17(19)9-8-14-6-2-3-10-21-14/h4-5,7,11,14,16H,2-3,6,8-10H2,1H3. The first kappa shape index (κ1) is 15.5. The van der Waals surface area contributed by atoms with E-state index in [2.05, 4.69) is 6.07 Å². The van der Waals surface area contributed by atoms with E-state index in [1.165, 1.54) is 0 Å². The lowest BCUT2D eigenvalue weighted by Crippen LogP contribution is -2.21. The monoisotopic (exact) mass is 287 g/mol. The van der Waals surface area contributed by atoms with Crippen molar-refractivity contribution in [2.24, 2.45) is 0 Å². The number of hydrogen-bond donors (Lipinski definition) is 0. The van der Waals surface area contributed by atoms with Crippen LogP contribution < -0.4 is 4.74 Å². The summed E-state index contributed by atoms with van der Waals surface area (Å²) in [4.78, 5) is 12.3. The average molecular weight is 287 g/mol. The van der Waals surface area contributed by atoms with Gasteiger partial charge in [0, 0.05) is 13.0 Å². The third kappa shape index (κ3) is 4.30. The molecule has 0 aliphatic carbocycles. The molecule has 1 aromatic rings. The highest BCUT2D eigenvalue weighted by Gasteiger charge is 2.22. The highest BCUT2D eigenvalue weighted by Crippen LogP contribution is 2.24. The van der Waals surface area contributed by atoms with E-state index >= 15 is 0 Å². The van der Waals surface area contributed by atoms with Gasteiger partial charge in [0.25, 0.3) is 0 Å². The third-order valence-corrected chi connectivity index (χ3v) is 3.86. The molecule has 4 nitrogen and oxygen atoms in total. The summed E-state index contributed by atoms with van der Waals surface area (Å²) in [6, 6.07) is 9.27. The van der Waals surface area contributed by atoms with Crippen molar-refractivity contribution in [1.29, 1.82) is 5.26 Å². The zero-order valence-corrected chi connectivity index (χ0v) is 12.4. The Morgan fingerprint density at radius 3 is 3.05 bits per heavy atom. The zero-order valence-electron chi connectivity index (χ0n) is 12.4. The highest BCUT2D eigenvalue weighted by atomic mass is 16.5. The van der Waals surface area contributed by atoms with Crippen LogP contribution in [0.15, 0.2) is 24.3 Å². The van der Waals surface area contributed by atoms with E-state index in [0.717, 1.165) is 25.9 Å². The van der Waals surface area contributed by atoms with Crippen molar-refractivity contribution in [2.75, 3.05) is 13.7 Å². The van der Waals surface area contributed by atoms with Gasteiger partial charge in [-0.25, -0.2) is 0 Å². The van der Waals surface area contributed by atoms with Gasteiger partial charge >= 0.3 is 0 Å². The van der Waals surface area contributed by atoms with Gasteiger partial charge in [0.15, 0.2) is 5.78 Å². The van der Waals surface area contributed by atoms with Gasteiger partial charge in [0.05, 0.1) is 19.3 Å². The van der Waals surface area contributed by atoms with Crippen molar-refractivity contribution in [2.45, 2.75) is 44.1 Å². The first-order valence-corrected chi connectivity index (χ1v) is 7.42. The predicted molar refractivity (Wildman–Crippen MR) is 79.2 cm³/mol. The number of nitrogens with zero attached hydrogens (tertiary/aromatic N) is 1. The fraction of sp³-hybridized carbons (Fsp3) is 0.529. The molecule has 21 heavy (non-hydrogen) atoms. The molecule has 0 spiro atoms. The van der Waals surface area contributed by atoms with Crippen molar-refractivity contribution < 1.29 is 14.3 Å². The normalized spacial score (nSPS) is 19.5. The minimum Gasteiger partial charge on any atom is -0.497 e. The first-order valence-electron chi connectivity index (χ1n) is 7.42. The van der Waals surface area contributed by atoms with E-state index in [1.807, 2.05) is 0 Å². The largest absolute Gasteiger partial charge is 0.497 e. The number of carbonyl (C=O) groups is 1. The summed E-state index contributed by atoms with van der Waals surface area (Å²) in [6.45, 7) is 0.788. The van der Waals surface area contributed by atoms with Crippen LogP contribution in [0.4, 0.5) is 0 Å². The molecule has 0 amide bonds. The van der Waals surface area contributed by atoms with E-state index in [-0.39, 0.29) is 11.9 Å². The zero-order chi connectivity index (χ0) is 15.1. The molecular weight excluding hydrogens is 266 g/mol.